The lowest BCUT2D eigenvalue weighted by molar-refractivity contribution is 0.208. The molecule has 0 aliphatic rings. The second-order valence-corrected chi connectivity index (χ2v) is 4.04. The van der Waals surface area contributed by atoms with Gasteiger partial charge in [-0.05, 0) is 22.0 Å². The number of halogens is 1. The number of nitrogens with zero attached hydrogens (tertiary/aromatic N) is 3. The van der Waals surface area contributed by atoms with E-state index < -0.39 is 6.10 Å². The third-order valence-corrected chi connectivity index (χ3v) is 2.81. The summed E-state index contributed by atoms with van der Waals surface area (Å²) in [7, 11) is 1.79. The monoisotopic (exact) mass is 267 g/mol. The summed E-state index contributed by atoms with van der Waals surface area (Å²) < 4.78 is 2.43. The molecule has 5 heteroatoms. The van der Waals surface area contributed by atoms with Crippen molar-refractivity contribution in [1.29, 1.82) is 0 Å². The van der Waals surface area contributed by atoms with Crippen molar-refractivity contribution in [2.45, 2.75) is 6.10 Å². The van der Waals surface area contributed by atoms with Crippen LogP contribution in [-0.2, 0) is 7.05 Å². The van der Waals surface area contributed by atoms with E-state index in [1.54, 1.807) is 36.4 Å². The van der Waals surface area contributed by atoms with E-state index in [4.69, 9.17) is 0 Å². The molecule has 2 aromatic rings. The van der Waals surface area contributed by atoms with Gasteiger partial charge in [0.05, 0.1) is 16.4 Å². The minimum Gasteiger partial charge on any atom is -0.382 e. The molecule has 0 saturated carbocycles. The van der Waals surface area contributed by atoms with Crippen molar-refractivity contribution in [3.63, 3.8) is 0 Å². The van der Waals surface area contributed by atoms with Gasteiger partial charge in [0.15, 0.2) is 0 Å². The average molecular weight is 268 g/mol. The van der Waals surface area contributed by atoms with Crippen molar-refractivity contribution < 1.29 is 5.11 Å². The molecule has 0 amide bonds. The van der Waals surface area contributed by atoms with Crippen LogP contribution < -0.4 is 0 Å². The highest BCUT2D eigenvalue weighted by molar-refractivity contribution is 9.10. The van der Waals surface area contributed by atoms with Gasteiger partial charge in [-0.2, -0.15) is 5.10 Å². The summed E-state index contributed by atoms with van der Waals surface area (Å²) in [6.07, 6.45) is 4.27. The summed E-state index contributed by atoms with van der Waals surface area (Å²) in [5.74, 6) is 0. The van der Waals surface area contributed by atoms with Crippen molar-refractivity contribution >= 4 is 15.9 Å². The minimum absolute atomic E-state index is 0.708. The predicted molar refractivity (Wildman–Crippen MR) is 59.2 cm³/mol. The number of rotatable bonds is 2. The topological polar surface area (TPSA) is 50.9 Å². The Hall–Kier alpha value is -1.20. The second-order valence-electron chi connectivity index (χ2n) is 3.19. The van der Waals surface area contributed by atoms with Gasteiger partial charge < -0.3 is 5.11 Å². The first kappa shape index (κ1) is 10.3. The summed E-state index contributed by atoms with van der Waals surface area (Å²) in [5, 5.41) is 14.2. The van der Waals surface area contributed by atoms with E-state index in [2.05, 4.69) is 26.0 Å². The molecule has 2 aromatic heterocycles. The lowest BCUT2D eigenvalue weighted by Crippen LogP contribution is -2.07. The third kappa shape index (κ3) is 1.93. The molecule has 0 spiro atoms. The van der Waals surface area contributed by atoms with Crippen LogP contribution in [0.4, 0.5) is 0 Å². The molecule has 0 bridgehead atoms. The Balaban J connectivity index is 2.41. The minimum atomic E-state index is -0.708. The molecule has 0 saturated heterocycles. The Morgan fingerprint density at radius 2 is 2.27 bits per heavy atom. The molecular formula is C10H10BrN3O. The Morgan fingerprint density at radius 1 is 1.47 bits per heavy atom. The van der Waals surface area contributed by atoms with Crippen LogP contribution in [-0.4, -0.2) is 19.9 Å². The number of hydrogen-bond acceptors (Lipinski definition) is 3. The number of aliphatic hydroxyl groups is 1. The first-order valence-electron chi connectivity index (χ1n) is 4.45. The van der Waals surface area contributed by atoms with Crippen LogP contribution in [0.2, 0.25) is 0 Å². The highest BCUT2D eigenvalue weighted by atomic mass is 79.9. The molecule has 0 aliphatic carbocycles. The van der Waals surface area contributed by atoms with Crippen LogP contribution >= 0.6 is 15.9 Å². The smallest absolute Gasteiger partial charge is 0.123 e. The number of aliphatic hydroxyl groups excluding tert-OH is 1. The van der Waals surface area contributed by atoms with E-state index in [0.717, 1.165) is 15.7 Å². The zero-order chi connectivity index (χ0) is 10.8. The highest BCUT2D eigenvalue weighted by Crippen LogP contribution is 2.27. The molecule has 0 fully saturated rings. The lowest BCUT2D eigenvalue weighted by Gasteiger charge is -2.11. The fourth-order valence-electron chi connectivity index (χ4n) is 1.42. The van der Waals surface area contributed by atoms with Crippen LogP contribution in [0.25, 0.3) is 0 Å². The number of aryl methyl sites for hydroxylation is 1. The predicted octanol–water partition coefficient (Wildman–Crippen LogP) is 1.66. The first-order valence-corrected chi connectivity index (χ1v) is 5.25. The van der Waals surface area contributed by atoms with Gasteiger partial charge in [-0.15, -0.1) is 0 Å². The fourth-order valence-corrected chi connectivity index (χ4v) is 1.99. The summed E-state index contributed by atoms with van der Waals surface area (Å²) in [6, 6.07) is 3.62. The van der Waals surface area contributed by atoms with E-state index in [1.165, 1.54) is 0 Å². The van der Waals surface area contributed by atoms with E-state index in [1.807, 2.05) is 6.07 Å². The average Bonchev–Trinajstić information content (AvgIpc) is 2.59. The van der Waals surface area contributed by atoms with Gasteiger partial charge in [0.2, 0.25) is 0 Å². The molecule has 2 rings (SSSR count). The molecule has 0 radical (unpaired) electrons. The number of aromatic nitrogens is 3. The fraction of sp³-hybridized carbons (Fsp3) is 0.200. The molecule has 2 heterocycles. The molecule has 1 N–H and O–H groups in total. The van der Waals surface area contributed by atoms with Gasteiger partial charge in [0.1, 0.15) is 6.10 Å². The van der Waals surface area contributed by atoms with Crippen molar-refractivity contribution in [3.8, 4) is 0 Å². The summed E-state index contributed by atoms with van der Waals surface area (Å²) in [6.45, 7) is 0. The Bertz CT molecular complexity index is 435. The van der Waals surface area contributed by atoms with Crippen LogP contribution in [0.5, 0.6) is 0 Å². The molecular weight excluding hydrogens is 258 g/mol. The Morgan fingerprint density at radius 3 is 2.80 bits per heavy atom. The highest BCUT2D eigenvalue weighted by Gasteiger charge is 2.17. The largest absolute Gasteiger partial charge is 0.382 e. The van der Waals surface area contributed by atoms with E-state index in [-0.39, 0.29) is 0 Å². The van der Waals surface area contributed by atoms with E-state index >= 15 is 0 Å². The van der Waals surface area contributed by atoms with Gasteiger partial charge in [-0.3, -0.25) is 9.67 Å². The van der Waals surface area contributed by atoms with Crippen LogP contribution in [0.15, 0.2) is 35.2 Å². The van der Waals surface area contributed by atoms with Crippen LogP contribution in [0.3, 0.4) is 0 Å². The second kappa shape index (κ2) is 4.12. The van der Waals surface area contributed by atoms with Crippen LogP contribution in [0.1, 0.15) is 17.4 Å². The molecule has 15 heavy (non-hydrogen) atoms. The van der Waals surface area contributed by atoms with Crippen LogP contribution in [0, 0.1) is 0 Å². The standard InChI is InChI=1S/C10H10BrN3O/c1-14-9(8(11)6-13-14)10(15)7-3-2-4-12-5-7/h2-6,10,15H,1H3. The molecule has 1 atom stereocenters. The van der Waals surface area contributed by atoms with Crippen molar-refractivity contribution in [2.24, 2.45) is 7.05 Å². The Kier molecular flexibility index (Phi) is 2.83. The van der Waals surface area contributed by atoms with Crippen molar-refractivity contribution in [3.05, 3.63) is 46.5 Å². The molecule has 0 aromatic carbocycles. The maximum absolute atomic E-state index is 10.1. The molecule has 0 aliphatic heterocycles. The van der Waals surface area contributed by atoms with Gasteiger partial charge in [0, 0.05) is 25.0 Å². The quantitative estimate of drug-likeness (QED) is 0.901. The summed E-state index contributed by atoms with van der Waals surface area (Å²) in [4.78, 5) is 3.97. The van der Waals surface area contributed by atoms with Gasteiger partial charge in [0.25, 0.3) is 0 Å². The van der Waals surface area contributed by atoms with Crippen molar-refractivity contribution in [2.75, 3.05) is 0 Å². The maximum atomic E-state index is 10.1. The number of pyridine rings is 1. The normalized spacial score (nSPS) is 12.7. The molecule has 4 nitrogen and oxygen atoms in total. The first-order chi connectivity index (χ1) is 7.20. The number of hydrogen-bond donors (Lipinski definition) is 1. The van der Waals surface area contributed by atoms with E-state index in [0.29, 0.717) is 0 Å². The third-order valence-electron chi connectivity index (χ3n) is 2.20. The zero-order valence-corrected chi connectivity index (χ0v) is 9.72. The Labute approximate surface area is 95.7 Å². The van der Waals surface area contributed by atoms with Crippen molar-refractivity contribution in [1.82, 2.24) is 14.8 Å². The van der Waals surface area contributed by atoms with E-state index in [9.17, 15) is 5.11 Å². The maximum Gasteiger partial charge on any atom is 0.123 e. The molecule has 78 valence electrons. The summed E-state index contributed by atoms with van der Waals surface area (Å²) in [5.41, 5.74) is 1.48. The SMILES string of the molecule is Cn1ncc(Br)c1C(O)c1cccnc1. The summed E-state index contributed by atoms with van der Waals surface area (Å²) >= 11 is 3.35. The zero-order valence-electron chi connectivity index (χ0n) is 8.13. The lowest BCUT2D eigenvalue weighted by atomic mass is 10.1. The van der Waals surface area contributed by atoms with Gasteiger partial charge in [-0.25, -0.2) is 0 Å². The van der Waals surface area contributed by atoms with Gasteiger partial charge >= 0.3 is 0 Å². The van der Waals surface area contributed by atoms with Gasteiger partial charge in [-0.1, -0.05) is 6.07 Å². The molecule has 1 unspecified atom stereocenters.